The Balaban J connectivity index is 2.13. The summed E-state index contributed by atoms with van der Waals surface area (Å²) in [6, 6.07) is 12.2. The van der Waals surface area contributed by atoms with Gasteiger partial charge in [-0.05, 0) is 42.7 Å². The predicted octanol–water partition coefficient (Wildman–Crippen LogP) is 5.82. The fraction of sp³-hybridized carbons (Fsp3) is 0.364. The van der Waals surface area contributed by atoms with Gasteiger partial charge in [0.2, 0.25) is 11.8 Å². The van der Waals surface area contributed by atoms with Crippen molar-refractivity contribution in [3.05, 3.63) is 68.7 Å². The maximum absolute atomic E-state index is 13.1. The van der Waals surface area contributed by atoms with Gasteiger partial charge in [-0.1, -0.05) is 66.0 Å². The maximum Gasteiger partial charge on any atom is 0.242 e. The Hall–Kier alpha value is -1.40. The summed E-state index contributed by atoms with van der Waals surface area (Å²) in [5, 5.41) is 4.39. The second-order valence-corrected chi connectivity index (χ2v) is 8.88. The van der Waals surface area contributed by atoms with Crippen LogP contribution in [0.15, 0.2) is 42.5 Å². The zero-order chi connectivity index (χ0) is 22.1. The largest absolute Gasteiger partial charge is 0.355 e. The number of thioether (sulfide) groups is 1. The first-order valence-corrected chi connectivity index (χ1v) is 12.0. The van der Waals surface area contributed by atoms with Gasteiger partial charge in [0.15, 0.2) is 0 Å². The number of hydrogen-bond donors (Lipinski definition) is 1. The summed E-state index contributed by atoms with van der Waals surface area (Å²) >= 11 is 19.8. The molecule has 2 amide bonds. The Morgan fingerprint density at radius 1 is 1.03 bits per heavy atom. The highest BCUT2D eigenvalue weighted by Crippen LogP contribution is 2.25. The Bertz CT molecular complexity index is 879. The van der Waals surface area contributed by atoms with Crippen molar-refractivity contribution in [1.82, 2.24) is 10.2 Å². The molecule has 2 aromatic carbocycles. The number of benzene rings is 2. The second kappa shape index (κ2) is 12.5. The Kier molecular flexibility index (Phi) is 10.3. The lowest BCUT2D eigenvalue weighted by Gasteiger charge is -2.30. The van der Waals surface area contributed by atoms with Crippen molar-refractivity contribution in [3.63, 3.8) is 0 Å². The van der Waals surface area contributed by atoms with Crippen LogP contribution in [0.2, 0.25) is 15.1 Å². The molecule has 2 rings (SSSR count). The van der Waals surface area contributed by atoms with Crippen molar-refractivity contribution >= 4 is 58.4 Å². The van der Waals surface area contributed by atoms with Crippen molar-refractivity contribution in [2.75, 3.05) is 12.3 Å². The molecule has 0 fully saturated rings. The molecule has 30 heavy (non-hydrogen) atoms. The quantitative estimate of drug-likeness (QED) is 0.459. The molecule has 0 bridgehead atoms. The maximum atomic E-state index is 13.1. The van der Waals surface area contributed by atoms with Gasteiger partial charge >= 0.3 is 0 Å². The number of carbonyl (C=O) groups is 2. The van der Waals surface area contributed by atoms with Crippen LogP contribution in [0.25, 0.3) is 0 Å². The van der Waals surface area contributed by atoms with E-state index in [0.29, 0.717) is 33.8 Å². The second-order valence-electron chi connectivity index (χ2n) is 6.67. The molecule has 0 radical (unpaired) electrons. The minimum absolute atomic E-state index is 0.113. The topological polar surface area (TPSA) is 49.4 Å². The molecule has 1 atom stereocenters. The van der Waals surface area contributed by atoms with Gasteiger partial charge in [-0.3, -0.25) is 9.59 Å². The average Bonchev–Trinajstić information content (AvgIpc) is 2.72. The van der Waals surface area contributed by atoms with Gasteiger partial charge in [0.1, 0.15) is 6.04 Å². The fourth-order valence-electron chi connectivity index (χ4n) is 2.99. The fourth-order valence-corrected chi connectivity index (χ4v) is 4.36. The first kappa shape index (κ1) is 24.9. The molecule has 0 aromatic heterocycles. The van der Waals surface area contributed by atoms with Crippen LogP contribution in [-0.2, 0) is 21.9 Å². The molecular weight excluding hydrogens is 463 g/mol. The Morgan fingerprint density at radius 3 is 2.40 bits per heavy atom. The highest BCUT2D eigenvalue weighted by molar-refractivity contribution is 7.99. The van der Waals surface area contributed by atoms with E-state index < -0.39 is 6.04 Å². The van der Waals surface area contributed by atoms with Gasteiger partial charge in [-0.15, -0.1) is 11.8 Å². The lowest BCUT2D eigenvalue weighted by molar-refractivity contribution is -0.139. The normalized spacial score (nSPS) is 11.8. The number of amides is 2. The van der Waals surface area contributed by atoms with Crippen molar-refractivity contribution in [2.45, 2.75) is 38.6 Å². The molecule has 0 aliphatic carbocycles. The van der Waals surface area contributed by atoms with Crippen LogP contribution in [0, 0.1) is 0 Å². The van der Waals surface area contributed by atoms with Crippen LogP contribution in [0.3, 0.4) is 0 Å². The molecule has 162 valence electrons. The van der Waals surface area contributed by atoms with E-state index in [1.807, 2.05) is 38.1 Å². The van der Waals surface area contributed by atoms with E-state index in [2.05, 4.69) is 5.32 Å². The van der Waals surface area contributed by atoms with Gasteiger partial charge in [-0.25, -0.2) is 0 Å². The van der Waals surface area contributed by atoms with E-state index in [0.717, 1.165) is 11.1 Å². The third-order valence-electron chi connectivity index (χ3n) is 4.51. The molecule has 1 unspecified atom stereocenters. The number of hydrogen-bond acceptors (Lipinski definition) is 3. The number of carbonyl (C=O) groups excluding carboxylic acids is 2. The third kappa shape index (κ3) is 7.09. The lowest BCUT2D eigenvalue weighted by atomic mass is 10.1. The molecule has 2 aromatic rings. The smallest absolute Gasteiger partial charge is 0.242 e. The molecular formula is C22H25Cl3N2O2S. The summed E-state index contributed by atoms with van der Waals surface area (Å²) in [7, 11) is 0. The number of nitrogens with zero attached hydrogens (tertiary/aromatic N) is 1. The zero-order valence-electron chi connectivity index (χ0n) is 17.0. The molecule has 8 heteroatoms. The minimum atomic E-state index is -0.556. The van der Waals surface area contributed by atoms with Crippen molar-refractivity contribution in [1.29, 1.82) is 0 Å². The summed E-state index contributed by atoms with van der Waals surface area (Å²) in [4.78, 5) is 27.3. The first-order chi connectivity index (χ1) is 14.4. The zero-order valence-corrected chi connectivity index (χ0v) is 20.0. The molecule has 0 aliphatic heterocycles. The van der Waals surface area contributed by atoms with E-state index in [1.165, 1.54) is 11.8 Å². The molecule has 0 saturated carbocycles. The SMILES string of the molecule is CCNC(=O)C(CC)N(Cc1ccccc1Cl)C(=O)CSCc1ccc(Cl)c(Cl)c1. The summed E-state index contributed by atoms with van der Waals surface area (Å²) in [5.41, 5.74) is 1.79. The average molecular weight is 488 g/mol. The van der Waals surface area contributed by atoms with Crippen LogP contribution in [0.1, 0.15) is 31.4 Å². The van der Waals surface area contributed by atoms with E-state index in [4.69, 9.17) is 34.8 Å². The van der Waals surface area contributed by atoms with Gasteiger partial charge in [0.05, 0.1) is 15.8 Å². The monoisotopic (exact) mass is 486 g/mol. The van der Waals surface area contributed by atoms with Crippen LogP contribution >= 0.6 is 46.6 Å². The first-order valence-electron chi connectivity index (χ1n) is 9.69. The van der Waals surface area contributed by atoms with Crippen molar-refractivity contribution in [2.24, 2.45) is 0 Å². The van der Waals surface area contributed by atoms with Gasteiger partial charge in [-0.2, -0.15) is 0 Å². The van der Waals surface area contributed by atoms with E-state index in [9.17, 15) is 9.59 Å². The van der Waals surface area contributed by atoms with Gasteiger partial charge in [0.25, 0.3) is 0 Å². The Labute approximate surface area is 197 Å². The predicted molar refractivity (Wildman–Crippen MR) is 127 cm³/mol. The summed E-state index contributed by atoms with van der Waals surface area (Å²) in [5.74, 6) is 0.578. The van der Waals surface area contributed by atoms with E-state index in [-0.39, 0.29) is 24.1 Å². The number of rotatable bonds is 10. The van der Waals surface area contributed by atoms with Crippen molar-refractivity contribution in [3.8, 4) is 0 Å². The van der Waals surface area contributed by atoms with E-state index >= 15 is 0 Å². The number of likely N-dealkylation sites (N-methyl/N-ethyl adjacent to an activating group) is 1. The standard InChI is InChI=1S/C22H25Cl3N2O2S/c1-3-20(22(29)26-4-2)27(12-16-7-5-6-8-17(16)23)21(28)14-30-13-15-9-10-18(24)19(25)11-15/h5-11,20H,3-4,12-14H2,1-2H3,(H,26,29). The van der Waals surface area contributed by atoms with Gasteiger partial charge < -0.3 is 10.2 Å². The third-order valence-corrected chi connectivity index (χ3v) is 6.61. The van der Waals surface area contributed by atoms with Crippen LogP contribution in [0.5, 0.6) is 0 Å². The molecule has 0 aliphatic rings. The lowest BCUT2D eigenvalue weighted by Crippen LogP contribution is -2.49. The van der Waals surface area contributed by atoms with Crippen LogP contribution in [0.4, 0.5) is 0 Å². The molecule has 0 heterocycles. The molecule has 1 N–H and O–H groups in total. The highest BCUT2D eigenvalue weighted by atomic mass is 35.5. The van der Waals surface area contributed by atoms with Crippen molar-refractivity contribution < 1.29 is 9.59 Å². The van der Waals surface area contributed by atoms with E-state index in [1.54, 1.807) is 23.1 Å². The molecule has 4 nitrogen and oxygen atoms in total. The van der Waals surface area contributed by atoms with Crippen LogP contribution < -0.4 is 5.32 Å². The van der Waals surface area contributed by atoms with Gasteiger partial charge in [0, 0.05) is 23.9 Å². The Morgan fingerprint density at radius 2 is 1.77 bits per heavy atom. The summed E-state index contributed by atoms with van der Waals surface area (Å²) in [6.45, 7) is 4.55. The summed E-state index contributed by atoms with van der Waals surface area (Å²) < 4.78 is 0. The molecule has 0 spiro atoms. The summed E-state index contributed by atoms with van der Waals surface area (Å²) in [6.07, 6.45) is 0.513. The highest BCUT2D eigenvalue weighted by Gasteiger charge is 2.28. The molecule has 0 saturated heterocycles. The van der Waals surface area contributed by atoms with Crippen LogP contribution in [-0.4, -0.2) is 35.1 Å². The minimum Gasteiger partial charge on any atom is -0.355 e. The number of halogens is 3. The number of nitrogens with one attached hydrogen (secondary N) is 1.